The van der Waals surface area contributed by atoms with Crippen LogP contribution in [0.15, 0.2) is 24.3 Å². The van der Waals surface area contributed by atoms with Gasteiger partial charge in [-0.05, 0) is 62.4 Å². The lowest BCUT2D eigenvalue weighted by Crippen LogP contribution is -2.55. The molecule has 3 amide bonds. The number of nitrogens with two attached hydrogens (primary N) is 2. The van der Waals surface area contributed by atoms with Crippen molar-refractivity contribution in [2.75, 3.05) is 53.7 Å². The molecule has 0 aliphatic carbocycles. The van der Waals surface area contributed by atoms with Gasteiger partial charge in [0.1, 0.15) is 6.29 Å². The number of anilines is 1. The van der Waals surface area contributed by atoms with E-state index in [-0.39, 0.29) is 72.7 Å². The van der Waals surface area contributed by atoms with Gasteiger partial charge in [-0.15, -0.1) is 0 Å². The molecule has 50 heavy (non-hydrogen) atoms. The molecule has 1 saturated heterocycles. The standard InChI is InChI=1S/C27H50N4O6.C8H12N2.C3H8/c1-10-18(4)25(30(7)23(34)15-29-27(35)24(28-6)17(2)3)21(36-8)14-22(33)31-13-11-12-20(31)26(37-9)19(5)16-32;9-6-5-7-1-3-8(10)4-2-7;1-3-2/h16-21,24-26,28H,10-15H2,1-9H3,(H,29,35);1-4H,5-6,9-10H2;3H2,1-2H3. The van der Waals surface area contributed by atoms with Crippen molar-refractivity contribution in [1.29, 1.82) is 0 Å². The van der Waals surface area contributed by atoms with Gasteiger partial charge >= 0.3 is 0 Å². The molecule has 12 nitrogen and oxygen atoms in total. The number of hydrogen-bond donors (Lipinski definition) is 4. The Hall–Kier alpha value is -3.06. The number of likely N-dealkylation sites (tertiary alicyclic amines) is 1. The summed E-state index contributed by atoms with van der Waals surface area (Å²) in [6.45, 7) is 15.2. The van der Waals surface area contributed by atoms with E-state index in [0.29, 0.717) is 13.1 Å². The molecule has 12 heteroatoms. The molecule has 1 aliphatic rings. The van der Waals surface area contributed by atoms with Gasteiger partial charge in [-0.25, -0.2) is 0 Å². The lowest BCUT2D eigenvalue weighted by atomic mass is 9.90. The minimum Gasteiger partial charge on any atom is -0.399 e. The van der Waals surface area contributed by atoms with Crippen LogP contribution >= 0.6 is 0 Å². The highest BCUT2D eigenvalue weighted by Gasteiger charge is 2.40. The quantitative estimate of drug-likeness (QED) is 0.132. The van der Waals surface area contributed by atoms with E-state index in [9.17, 15) is 19.2 Å². The first-order chi connectivity index (χ1) is 23.7. The summed E-state index contributed by atoms with van der Waals surface area (Å²) in [5.41, 5.74) is 12.9. The molecule has 288 valence electrons. The van der Waals surface area contributed by atoms with Gasteiger partial charge in [-0.1, -0.05) is 73.4 Å². The fourth-order valence-corrected chi connectivity index (χ4v) is 6.30. The van der Waals surface area contributed by atoms with Crippen molar-refractivity contribution in [3.05, 3.63) is 29.8 Å². The van der Waals surface area contributed by atoms with Crippen LogP contribution in [-0.4, -0.2) is 112 Å². The molecule has 1 aromatic carbocycles. The molecule has 7 unspecified atom stereocenters. The summed E-state index contributed by atoms with van der Waals surface area (Å²) in [6, 6.07) is 6.87. The van der Waals surface area contributed by atoms with Crippen molar-refractivity contribution in [2.24, 2.45) is 23.5 Å². The Kier molecular flexibility index (Phi) is 24.2. The summed E-state index contributed by atoms with van der Waals surface area (Å²) in [5.74, 6) is -0.742. The second-order valence-electron chi connectivity index (χ2n) is 13.6. The molecule has 0 radical (unpaired) electrons. The Morgan fingerprint density at radius 1 is 1.06 bits per heavy atom. The van der Waals surface area contributed by atoms with Crippen LogP contribution in [0.2, 0.25) is 0 Å². The minimum atomic E-state index is -0.529. The topological polar surface area (TPSA) is 169 Å². The van der Waals surface area contributed by atoms with Crippen molar-refractivity contribution < 1.29 is 28.7 Å². The number of carbonyl (C=O) groups excluding carboxylic acids is 4. The van der Waals surface area contributed by atoms with Crippen molar-refractivity contribution >= 4 is 29.7 Å². The summed E-state index contributed by atoms with van der Waals surface area (Å²) in [4.78, 5) is 54.0. The van der Waals surface area contributed by atoms with Gasteiger partial charge in [0, 0.05) is 39.4 Å². The minimum absolute atomic E-state index is 0.0549. The number of benzene rings is 1. The average molecular weight is 707 g/mol. The molecular formula is C38H70N6O6. The number of aldehydes is 1. The molecule has 0 spiro atoms. The Balaban J connectivity index is 0.00000154. The van der Waals surface area contributed by atoms with Crippen LogP contribution in [0.25, 0.3) is 0 Å². The van der Waals surface area contributed by atoms with E-state index in [1.807, 2.05) is 52.0 Å². The summed E-state index contributed by atoms with van der Waals surface area (Å²) in [6.07, 6.45) is 4.66. The van der Waals surface area contributed by atoms with E-state index in [2.05, 4.69) is 24.5 Å². The number of amides is 3. The molecular weight excluding hydrogens is 636 g/mol. The Bertz CT molecular complexity index is 1100. The zero-order valence-corrected chi connectivity index (χ0v) is 32.9. The molecule has 2 rings (SSSR count). The molecule has 0 bridgehead atoms. The Morgan fingerprint density at radius 3 is 2.12 bits per heavy atom. The summed E-state index contributed by atoms with van der Waals surface area (Å²) >= 11 is 0. The first-order valence-electron chi connectivity index (χ1n) is 18.3. The number of ether oxygens (including phenoxy) is 2. The van der Waals surface area contributed by atoms with Crippen LogP contribution in [0.5, 0.6) is 0 Å². The second-order valence-corrected chi connectivity index (χ2v) is 13.6. The average Bonchev–Trinajstić information content (AvgIpc) is 3.58. The van der Waals surface area contributed by atoms with Gasteiger partial charge in [-0.2, -0.15) is 0 Å². The number of rotatable bonds is 18. The fraction of sp³-hybridized carbons (Fsp3) is 0.737. The van der Waals surface area contributed by atoms with Gasteiger partial charge in [-0.3, -0.25) is 14.4 Å². The number of nitrogens with one attached hydrogen (secondary N) is 2. The molecule has 0 saturated carbocycles. The monoisotopic (exact) mass is 707 g/mol. The van der Waals surface area contributed by atoms with Gasteiger partial charge in [0.2, 0.25) is 17.7 Å². The first-order valence-corrected chi connectivity index (χ1v) is 18.3. The number of hydrogen-bond acceptors (Lipinski definition) is 9. The molecule has 1 fully saturated rings. The Labute approximate surface area is 302 Å². The predicted molar refractivity (Wildman–Crippen MR) is 202 cm³/mol. The number of methoxy groups -OCH3 is 2. The van der Waals surface area contributed by atoms with Crippen molar-refractivity contribution in [2.45, 2.75) is 117 Å². The maximum Gasteiger partial charge on any atom is 0.242 e. The first kappa shape index (κ1) is 46.9. The van der Waals surface area contributed by atoms with Crippen LogP contribution in [0, 0.1) is 17.8 Å². The highest BCUT2D eigenvalue weighted by molar-refractivity contribution is 5.87. The third kappa shape index (κ3) is 15.4. The normalized spacial score (nSPS) is 17.5. The fourth-order valence-electron chi connectivity index (χ4n) is 6.30. The highest BCUT2D eigenvalue weighted by Crippen LogP contribution is 2.28. The third-order valence-corrected chi connectivity index (χ3v) is 9.22. The number of carbonyl (C=O) groups is 4. The van der Waals surface area contributed by atoms with Crippen LogP contribution in [0.4, 0.5) is 5.69 Å². The zero-order chi connectivity index (χ0) is 38.4. The van der Waals surface area contributed by atoms with Crippen molar-refractivity contribution in [3.63, 3.8) is 0 Å². The molecule has 1 heterocycles. The van der Waals surface area contributed by atoms with Crippen LogP contribution < -0.4 is 22.1 Å². The number of likely N-dealkylation sites (N-methyl/N-ethyl adjacent to an activating group) is 2. The third-order valence-electron chi connectivity index (χ3n) is 9.22. The van der Waals surface area contributed by atoms with E-state index in [0.717, 1.165) is 37.7 Å². The van der Waals surface area contributed by atoms with Gasteiger partial charge in [0.05, 0.1) is 43.3 Å². The van der Waals surface area contributed by atoms with Gasteiger partial charge in [0.15, 0.2) is 0 Å². The van der Waals surface area contributed by atoms with Crippen molar-refractivity contribution in [3.8, 4) is 0 Å². The number of nitrogens with zero attached hydrogens (tertiary/aromatic N) is 2. The largest absolute Gasteiger partial charge is 0.399 e. The summed E-state index contributed by atoms with van der Waals surface area (Å²) in [7, 11) is 6.55. The molecule has 1 aromatic rings. The van der Waals surface area contributed by atoms with Crippen LogP contribution in [0.3, 0.4) is 0 Å². The molecule has 7 atom stereocenters. The Morgan fingerprint density at radius 2 is 1.66 bits per heavy atom. The highest BCUT2D eigenvalue weighted by atomic mass is 16.5. The maximum absolute atomic E-state index is 13.5. The zero-order valence-electron chi connectivity index (χ0n) is 32.9. The summed E-state index contributed by atoms with van der Waals surface area (Å²) in [5, 5.41) is 5.72. The summed E-state index contributed by atoms with van der Waals surface area (Å²) < 4.78 is 11.4. The van der Waals surface area contributed by atoms with E-state index >= 15 is 0 Å². The van der Waals surface area contributed by atoms with Gasteiger partial charge < -0.3 is 46.2 Å². The predicted octanol–water partition coefficient (Wildman–Crippen LogP) is 3.65. The number of nitrogen functional groups attached to an aromatic ring is 1. The molecule has 0 aromatic heterocycles. The van der Waals surface area contributed by atoms with E-state index in [1.165, 1.54) is 12.0 Å². The smallest absolute Gasteiger partial charge is 0.242 e. The maximum atomic E-state index is 13.5. The SMILES string of the molecule is CCC.CCC(C)C(C(CC(=O)N1CCCC1C(OC)C(C)C=O)OC)N(C)C(=O)CNC(=O)C(NC)C(C)C.NCCc1ccc(N)cc1. The van der Waals surface area contributed by atoms with Gasteiger partial charge in [0.25, 0.3) is 0 Å². The lowest BCUT2D eigenvalue weighted by molar-refractivity contribution is -0.144. The molecule has 6 N–H and O–H groups in total. The molecule has 1 aliphatic heterocycles. The second kappa shape index (κ2) is 25.8. The van der Waals surface area contributed by atoms with Crippen LogP contribution in [-0.2, 0) is 35.1 Å². The lowest BCUT2D eigenvalue weighted by Gasteiger charge is -2.39. The van der Waals surface area contributed by atoms with E-state index < -0.39 is 6.10 Å². The van der Waals surface area contributed by atoms with Crippen LogP contribution in [0.1, 0.15) is 86.1 Å². The van der Waals surface area contributed by atoms with E-state index in [4.69, 9.17) is 20.9 Å². The van der Waals surface area contributed by atoms with Crippen molar-refractivity contribution in [1.82, 2.24) is 20.4 Å². The van der Waals surface area contributed by atoms with E-state index in [1.54, 1.807) is 45.0 Å².